The summed E-state index contributed by atoms with van der Waals surface area (Å²) in [5.74, 6) is -0.206. The van der Waals surface area contributed by atoms with Gasteiger partial charge in [0.25, 0.3) is 0 Å². The Hall–Kier alpha value is -3.01. The molecule has 3 aromatic rings. The van der Waals surface area contributed by atoms with Gasteiger partial charge in [0.05, 0.1) is 41.3 Å². The third-order valence-electron chi connectivity index (χ3n) is 6.23. The van der Waals surface area contributed by atoms with E-state index < -0.39 is 21.6 Å². The summed E-state index contributed by atoms with van der Waals surface area (Å²) in [6.07, 6.45) is 2.43. The number of aryl methyl sites for hydroxylation is 1. The number of rotatable bonds is 6. The van der Waals surface area contributed by atoms with Crippen LogP contribution in [0.2, 0.25) is 0 Å². The van der Waals surface area contributed by atoms with Gasteiger partial charge in [-0.2, -0.15) is 5.10 Å². The number of fused-ring (bicyclic) bond motifs is 1. The molecule has 0 radical (unpaired) electrons. The number of nitrogens with zero attached hydrogens (tertiary/aromatic N) is 3. The number of benzene rings is 1. The number of carbonyl (C=O) groups excluding carboxylic acids is 1. The number of aromatic nitrogens is 3. The van der Waals surface area contributed by atoms with E-state index in [0.29, 0.717) is 40.0 Å². The highest BCUT2D eigenvalue weighted by molar-refractivity contribution is 7.91. The maximum Gasteiger partial charge on any atom is 0.339 e. The molecule has 2 aromatic heterocycles. The number of hydrogen-bond donors (Lipinski definition) is 0. The molecule has 1 aromatic carbocycles. The van der Waals surface area contributed by atoms with E-state index >= 15 is 0 Å². The first-order valence-electron chi connectivity index (χ1n) is 10.9. The Morgan fingerprint density at radius 2 is 2.03 bits per heavy atom. The molecular weight excluding hydrogens is 449 g/mol. The van der Waals surface area contributed by atoms with Gasteiger partial charge in [-0.3, -0.25) is 0 Å². The first kappa shape index (κ1) is 21.8. The quantitative estimate of drug-likeness (QED) is 0.505. The Labute approximate surface area is 190 Å². The molecule has 1 aliphatic heterocycles. The molecule has 5 rings (SSSR count). The number of methoxy groups -OCH3 is 1. The number of carbonyl (C=O) groups is 1. The summed E-state index contributed by atoms with van der Waals surface area (Å²) in [6.45, 7) is 1.61. The van der Waals surface area contributed by atoms with Gasteiger partial charge in [-0.15, -0.1) is 0 Å². The van der Waals surface area contributed by atoms with Crippen LogP contribution in [0.4, 0.5) is 4.39 Å². The maximum absolute atomic E-state index is 13.7. The topological polar surface area (TPSA) is 100 Å². The lowest BCUT2D eigenvalue weighted by atomic mass is 10.1. The van der Waals surface area contributed by atoms with Crippen molar-refractivity contribution in [3.8, 4) is 5.75 Å². The Balaban J connectivity index is 1.52. The van der Waals surface area contributed by atoms with Crippen LogP contribution >= 0.6 is 0 Å². The van der Waals surface area contributed by atoms with Gasteiger partial charge in [0, 0.05) is 17.2 Å². The third-order valence-corrected chi connectivity index (χ3v) is 7.98. The van der Waals surface area contributed by atoms with E-state index in [1.165, 1.54) is 25.3 Å². The molecule has 10 heteroatoms. The summed E-state index contributed by atoms with van der Waals surface area (Å²) in [5.41, 5.74) is 2.62. The standard InChI is InChI=1S/C23H24FN3O5S/c1-13-21-18(23(28)32-11-15-9-16(24)5-6-20(15)31-2)10-19(14-3-4-14)25-22(21)27(26-13)17-7-8-33(29,30)12-17/h5-6,9-10,14,17H,3-4,7-8,11-12H2,1-2H3/t17-/m1/s1. The van der Waals surface area contributed by atoms with Crippen LogP contribution in [0.5, 0.6) is 5.75 Å². The number of esters is 1. The molecule has 0 unspecified atom stereocenters. The van der Waals surface area contributed by atoms with Crippen molar-refractivity contribution in [2.75, 3.05) is 18.6 Å². The molecule has 0 bridgehead atoms. The van der Waals surface area contributed by atoms with Crippen molar-refractivity contribution in [1.29, 1.82) is 0 Å². The highest BCUT2D eigenvalue weighted by atomic mass is 32.2. The first-order chi connectivity index (χ1) is 15.8. The predicted molar refractivity (Wildman–Crippen MR) is 119 cm³/mol. The maximum atomic E-state index is 13.7. The summed E-state index contributed by atoms with van der Waals surface area (Å²) >= 11 is 0. The van der Waals surface area contributed by atoms with Crippen molar-refractivity contribution < 1.29 is 27.1 Å². The van der Waals surface area contributed by atoms with Crippen LogP contribution in [0.15, 0.2) is 24.3 Å². The van der Waals surface area contributed by atoms with Crippen LogP contribution in [0, 0.1) is 12.7 Å². The second-order valence-electron chi connectivity index (χ2n) is 8.69. The lowest BCUT2D eigenvalue weighted by molar-refractivity contribution is 0.0471. The van der Waals surface area contributed by atoms with Gasteiger partial charge < -0.3 is 9.47 Å². The van der Waals surface area contributed by atoms with Crippen LogP contribution in [0.3, 0.4) is 0 Å². The zero-order valence-corrected chi connectivity index (χ0v) is 19.2. The molecule has 1 saturated heterocycles. The Bertz CT molecular complexity index is 1360. The van der Waals surface area contributed by atoms with Crippen LogP contribution < -0.4 is 4.74 Å². The summed E-state index contributed by atoms with van der Waals surface area (Å²) < 4.78 is 50.2. The minimum atomic E-state index is -3.12. The highest BCUT2D eigenvalue weighted by Crippen LogP contribution is 2.41. The van der Waals surface area contributed by atoms with E-state index in [1.54, 1.807) is 17.7 Å². The summed E-state index contributed by atoms with van der Waals surface area (Å²) in [5, 5.41) is 5.13. The van der Waals surface area contributed by atoms with Gasteiger partial charge in [0.1, 0.15) is 18.2 Å². The molecular formula is C23H24FN3O5S. The van der Waals surface area contributed by atoms with Crippen LogP contribution in [0.25, 0.3) is 11.0 Å². The monoisotopic (exact) mass is 473 g/mol. The van der Waals surface area contributed by atoms with Crippen molar-refractivity contribution in [2.45, 2.75) is 44.8 Å². The molecule has 33 heavy (non-hydrogen) atoms. The van der Waals surface area contributed by atoms with E-state index in [-0.39, 0.29) is 30.1 Å². The average Bonchev–Trinajstić information content (AvgIpc) is 3.50. The molecule has 3 heterocycles. The Kier molecular flexibility index (Phi) is 5.35. The van der Waals surface area contributed by atoms with Crippen LogP contribution in [-0.4, -0.2) is 47.8 Å². The number of sulfone groups is 1. The molecule has 1 atom stereocenters. The lowest BCUT2D eigenvalue weighted by Crippen LogP contribution is -2.14. The molecule has 2 fully saturated rings. The van der Waals surface area contributed by atoms with Gasteiger partial charge in [0.15, 0.2) is 15.5 Å². The normalized spacial score (nSPS) is 19.7. The fourth-order valence-corrected chi connectivity index (χ4v) is 6.08. The SMILES string of the molecule is COc1ccc(F)cc1COC(=O)c1cc(C2CC2)nc2c1c(C)nn2[C@@H]1CCS(=O)(=O)C1. The lowest BCUT2D eigenvalue weighted by Gasteiger charge is -2.12. The van der Waals surface area contributed by atoms with Crippen molar-refractivity contribution in [3.05, 3.63) is 52.6 Å². The molecule has 0 spiro atoms. The van der Waals surface area contributed by atoms with Gasteiger partial charge in [-0.1, -0.05) is 0 Å². The Morgan fingerprint density at radius 3 is 2.70 bits per heavy atom. The van der Waals surface area contributed by atoms with E-state index in [0.717, 1.165) is 18.5 Å². The fraction of sp³-hybridized carbons (Fsp3) is 0.435. The molecule has 1 saturated carbocycles. The van der Waals surface area contributed by atoms with Crippen molar-refractivity contribution in [2.24, 2.45) is 0 Å². The molecule has 0 N–H and O–H groups in total. The number of hydrogen-bond acceptors (Lipinski definition) is 7. The zero-order chi connectivity index (χ0) is 23.3. The summed E-state index contributed by atoms with van der Waals surface area (Å²) in [7, 11) is -1.65. The number of halogens is 1. The minimum Gasteiger partial charge on any atom is -0.496 e. The molecule has 2 aliphatic rings. The number of pyridine rings is 1. The van der Waals surface area contributed by atoms with Crippen molar-refractivity contribution >= 4 is 26.8 Å². The third kappa shape index (κ3) is 4.19. The summed E-state index contributed by atoms with van der Waals surface area (Å²) in [4.78, 5) is 18.0. The molecule has 0 amide bonds. The van der Waals surface area contributed by atoms with Gasteiger partial charge in [-0.05, 0) is 50.5 Å². The second kappa shape index (κ2) is 8.09. The van der Waals surface area contributed by atoms with E-state index in [9.17, 15) is 17.6 Å². The summed E-state index contributed by atoms with van der Waals surface area (Å²) in [6, 6.07) is 5.47. The molecule has 174 valence electrons. The van der Waals surface area contributed by atoms with Crippen molar-refractivity contribution in [3.63, 3.8) is 0 Å². The first-order valence-corrected chi connectivity index (χ1v) is 12.7. The van der Waals surface area contributed by atoms with Crippen LogP contribution in [-0.2, 0) is 21.2 Å². The van der Waals surface area contributed by atoms with E-state index in [4.69, 9.17) is 14.5 Å². The van der Waals surface area contributed by atoms with Gasteiger partial charge in [-0.25, -0.2) is 27.3 Å². The van der Waals surface area contributed by atoms with Crippen LogP contribution in [0.1, 0.15) is 58.5 Å². The highest BCUT2D eigenvalue weighted by Gasteiger charge is 2.34. The van der Waals surface area contributed by atoms with Gasteiger partial charge >= 0.3 is 5.97 Å². The second-order valence-corrected chi connectivity index (χ2v) is 10.9. The number of ether oxygens (including phenoxy) is 2. The Morgan fingerprint density at radius 1 is 1.24 bits per heavy atom. The van der Waals surface area contributed by atoms with E-state index in [2.05, 4.69) is 5.10 Å². The van der Waals surface area contributed by atoms with Gasteiger partial charge in [0.2, 0.25) is 0 Å². The van der Waals surface area contributed by atoms with Crippen molar-refractivity contribution in [1.82, 2.24) is 14.8 Å². The zero-order valence-electron chi connectivity index (χ0n) is 18.4. The predicted octanol–water partition coefficient (Wildman–Crippen LogP) is 3.48. The molecule has 8 nitrogen and oxygen atoms in total. The molecule has 1 aliphatic carbocycles. The largest absolute Gasteiger partial charge is 0.496 e. The van der Waals surface area contributed by atoms with E-state index in [1.807, 2.05) is 0 Å². The fourth-order valence-electron chi connectivity index (χ4n) is 4.39. The average molecular weight is 474 g/mol. The minimum absolute atomic E-state index is 0.0116. The smallest absolute Gasteiger partial charge is 0.339 e.